The summed E-state index contributed by atoms with van der Waals surface area (Å²) < 4.78 is 52.0. The molecule has 0 spiro atoms. The number of hydrogen-bond donors (Lipinski definition) is 1. The Bertz CT molecular complexity index is 679. The number of carboxylic acid groups (broad SMARTS) is 1. The SMILES string of the molecule is CN1CC[C@@H]2CN(Cc3ccc(C(F)(F)F)cc3F)C[C@]2(C(=O)O)C1. The monoisotopic (exact) mass is 360 g/mol. The number of fused-ring (bicyclic) bond motifs is 1. The van der Waals surface area contributed by atoms with Gasteiger partial charge in [-0.1, -0.05) is 6.07 Å². The number of carbonyl (C=O) groups is 1. The Morgan fingerprint density at radius 3 is 2.68 bits per heavy atom. The van der Waals surface area contributed by atoms with Crippen molar-refractivity contribution in [2.24, 2.45) is 11.3 Å². The Balaban J connectivity index is 1.78. The van der Waals surface area contributed by atoms with E-state index < -0.39 is 28.9 Å². The lowest BCUT2D eigenvalue weighted by atomic mass is 9.73. The number of halogens is 4. The second kappa shape index (κ2) is 6.25. The number of alkyl halides is 3. The van der Waals surface area contributed by atoms with Crippen LogP contribution in [0.4, 0.5) is 17.6 Å². The van der Waals surface area contributed by atoms with Crippen LogP contribution in [0, 0.1) is 17.2 Å². The second-order valence-electron chi connectivity index (χ2n) is 7.16. The molecule has 2 saturated heterocycles. The Morgan fingerprint density at radius 1 is 1.36 bits per heavy atom. The van der Waals surface area contributed by atoms with E-state index in [0.29, 0.717) is 19.2 Å². The van der Waals surface area contributed by atoms with Crippen molar-refractivity contribution in [3.8, 4) is 0 Å². The topological polar surface area (TPSA) is 43.8 Å². The molecule has 2 aliphatic rings. The summed E-state index contributed by atoms with van der Waals surface area (Å²) in [6, 6.07) is 2.50. The lowest BCUT2D eigenvalue weighted by Crippen LogP contribution is -2.52. The number of likely N-dealkylation sites (tertiary alicyclic amines) is 2. The summed E-state index contributed by atoms with van der Waals surface area (Å²) >= 11 is 0. The first-order chi connectivity index (χ1) is 11.6. The molecule has 2 atom stereocenters. The normalized spacial score (nSPS) is 28.1. The standard InChI is InChI=1S/C17H20F4N2O2/c1-22-5-4-13-8-23(10-16(13,9-22)15(24)25)7-11-2-3-12(6-14(11)18)17(19,20)21/h2-3,6,13H,4-5,7-10H2,1H3,(H,24,25)/t13-,16-/m1/s1. The van der Waals surface area contributed by atoms with Crippen LogP contribution >= 0.6 is 0 Å². The van der Waals surface area contributed by atoms with Crippen molar-refractivity contribution in [2.45, 2.75) is 19.1 Å². The molecule has 0 bridgehead atoms. The van der Waals surface area contributed by atoms with Crippen molar-refractivity contribution in [2.75, 3.05) is 33.2 Å². The molecule has 0 amide bonds. The smallest absolute Gasteiger partial charge is 0.416 e. The van der Waals surface area contributed by atoms with Crippen LogP contribution in [0.2, 0.25) is 0 Å². The highest BCUT2D eigenvalue weighted by Crippen LogP contribution is 2.42. The van der Waals surface area contributed by atoms with Gasteiger partial charge in [-0.05, 0) is 38.1 Å². The largest absolute Gasteiger partial charge is 0.481 e. The van der Waals surface area contributed by atoms with Crippen molar-refractivity contribution < 1.29 is 27.5 Å². The van der Waals surface area contributed by atoms with Gasteiger partial charge < -0.3 is 10.0 Å². The lowest BCUT2D eigenvalue weighted by Gasteiger charge is -2.39. The van der Waals surface area contributed by atoms with Crippen LogP contribution < -0.4 is 0 Å². The number of piperidine rings is 1. The number of carboxylic acids is 1. The van der Waals surface area contributed by atoms with Gasteiger partial charge in [0.15, 0.2) is 0 Å². The van der Waals surface area contributed by atoms with Crippen molar-refractivity contribution >= 4 is 5.97 Å². The van der Waals surface area contributed by atoms with E-state index in [9.17, 15) is 27.5 Å². The van der Waals surface area contributed by atoms with Crippen molar-refractivity contribution in [3.05, 3.63) is 35.1 Å². The van der Waals surface area contributed by atoms with Crippen molar-refractivity contribution in [1.82, 2.24) is 9.80 Å². The molecule has 1 aromatic rings. The molecule has 2 heterocycles. The molecule has 2 aliphatic heterocycles. The average Bonchev–Trinajstić information content (AvgIpc) is 2.87. The molecular weight excluding hydrogens is 340 g/mol. The summed E-state index contributed by atoms with van der Waals surface area (Å²) in [6.07, 6.45) is -3.84. The van der Waals surface area contributed by atoms with Crippen LogP contribution in [-0.4, -0.2) is 54.1 Å². The maximum absolute atomic E-state index is 14.1. The number of nitrogens with zero attached hydrogens (tertiary/aromatic N) is 2. The van der Waals surface area contributed by atoms with Gasteiger partial charge in [-0.15, -0.1) is 0 Å². The fraction of sp³-hybridized carbons (Fsp3) is 0.588. The van der Waals surface area contributed by atoms with E-state index in [4.69, 9.17) is 0 Å². The molecule has 0 aromatic heterocycles. The number of hydrogen-bond acceptors (Lipinski definition) is 3. The molecule has 0 unspecified atom stereocenters. The van der Waals surface area contributed by atoms with E-state index in [1.54, 1.807) is 0 Å². The van der Waals surface area contributed by atoms with Gasteiger partial charge in [0.1, 0.15) is 5.82 Å². The first-order valence-electron chi connectivity index (χ1n) is 8.12. The van der Waals surface area contributed by atoms with Crippen LogP contribution in [-0.2, 0) is 17.5 Å². The third kappa shape index (κ3) is 3.37. The van der Waals surface area contributed by atoms with E-state index in [1.807, 2.05) is 16.8 Å². The molecule has 8 heteroatoms. The van der Waals surface area contributed by atoms with Gasteiger partial charge in [0.05, 0.1) is 11.0 Å². The Hall–Kier alpha value is -1.67. The molecule has 3 rings (SSSR count). The number of benzene rings is 1. The fourth-order valence-electron chi connectivity index (χ4n) is 4.09. The zero-order chi connectivity index (χ0) is 18.4. The summed E-state index contributed by atoms with van der Waals surface area (Å²) in [6.45, 7) is 2.14. The molecule has 1 N–H and O–H groups in total. The zero-order valence-corrected chi connectivity index (χ0v) is 13.8. The molecular formula is C17H20F4N2O2. The number of aliphatic carboxylic acids is 1. The summed E-state index contributed by atoms with van der Waals surface area (Å²) in [4.78, 5) is 15.7. The molecule has 25 heavy (non-hydrogen) atoms. The van der Waals surface area contributed by atoms with Gasteiger partial charge in [0.25, 0.3) is 0 Å². The van der Waals surface area contributed by atoms with E-state index in [2.05, 4.69) is 0 Å². The first kappa shape index (κ1) is 18.1. The highest BCUT2D eigenvalue weighted by atomic mass is 19.4. The lowest BCUT2D eigenvalue weighted by molar-refractivity contribution is -0.154. The molecule has 138 valence electrons. The minimum atomic E-state index is -4.58. The Labute approximate surface area is 143 Å². The molecule has 4 nitrogen and oxygen atoms in total. The average molecular weight is 360 g/mol. The summed E-state index contributed by atoms with van der Waals surface area (Å²) in [7, 11) is 1.87. The first-order valence-corrected chi connectivity index (χ1v) is 8.12. The molecule has 1 aromatic carbocycles. The second-order valence-corrected chi connectivity index (χ2v) is 7.16. The molecule has 0 radical (unpaired) electrons. The summed E-state index contributed by atoms with van der Waals surface area (Å²) in [5, 5.41) is 9.73. The fourth-order valence-corrected chi connectivity index (χ4v) is 4.09. The van der Waals surface area contributed by atoms with Crippen LogP contribution in [0.1, 0.15) is 17.5 Å². The minimum Gasteiger partial charge on any atom is -0.481 e. The minimum absolute atomic E-state index is 0.0290. The summed E-state index contributed by atoms with van der Waals surface area (Å²) in [5.74, 6) is -1.80. The maximum atomic E-state index is 14.1. The summed E-state index contributed by atoms with van der Waals surface area (Å²) in [5.41, 5.74) is -1.76. The van der Waals surface area contributed by atoms with Crippen LogP contribution in [0.15, 0.2) is 18.2 Å². The third-order valence-electron chi connectivity index (χ3n) is 5.38. The molecule has 0 aliphatic carbocycles. The van der Waals surface area contributed by atoms with E-state index in [0.717, 1.165) is 25.1 Å². The van der Waals surface area contributed by atoms with E-state index in [1.165, 1.54) is 0 Å². The Kier molecular flexibility index (Phi) is 4.53. The molecule has 2 fully saturated rings. The van der Waals surface area contributed by atoms with E-state index in [-0.39, 0.29) is 24.6 Å². The van der Waals surface area contributed by atoms with Crippen LogP contribution in [0.25, 0.3) is 0 Å². The maximum Gasteiger partial charge on any atom is 0.416 e. The van der Waals surface area contributed by atoms with Crippen LogP contribution in [0.3, 0.4) is 0 Å². The predicted molar refractivity (Wildman–Crippen MR) is 82.4 cm³/mol. The highest BCUT2D eigenvalue weighted by Gasteiger charge is 2.54. The van der Waals surface area contributed by atoms with Gasteiger partial charge in [0.2, 0.25) is 0 Å². The Morgan fingerprint density at radius 2 is 2.08 bits per heavy atom. The van der Waals surface area contributed by atoms with Gasteiger partial charge in [-0.2, -0.15) is 13.2 Å². The van der Waals surface area contributed by atoms with Crippen molar-refractivity contribution in [1.29, 1.82) is 0 Å². The van der Waals surface area contributed by atoms with Crippen LogP contribution in [0.5, 0.6) is 0 Å². The zero-order valence-electron chi connectivity index (χ0n) is 13.8. The third-order valence-corrected chi connectivity index (χ3v) is 5.38. The van der Waals surface area contributed by atoms with Gasteiger partial charge in [-0.3, -0.25) is 9.69 Å². The number of rotatable bonds is 3. The van der Waals surface area contributed by atoms with Gasteiger partial charge >= 0.3 is 12.1 Å². The van der Waals surface area contributed by atoms with Gasteiger partial charge in [-0.25, -0.2) is 4.39 Å². The highest BCUT2D eigenvalue weighted by molar-refractivity contribution is 5.76. The van der Waals surface area contributed by atoms with Gasteiger partial charge in [0, 0.05) is 31.7 Å². The molecule has 0 saturated carbocycles. The van der Waals surface area contributed by atoms with Crippen molar-refractivity contribution in [3.63, 3.8) is 0 Å². The quantitative estimate of drug-likeness (QED) is 0.842. The van der Waals surface area contributed by atoms with E-state index >= 15 is 0 Å². The predicted octanol–water partition coefficient (Wildman–Crippen LogP) is 2.68.